The molecule has 0 radical (unpaired) electrons. The Balaban J connectivity index is 2.47. The molecule has 1 atom stereocenters. The van der Waals surface area contributed by atoms with Crippen molar-refractivity contribution in [1.82, 2.24) is 0 Å². The van der Waals surface area contributed by atoms with Crippen LogP contribution in [0, 0.1) is 11.7 Å². The lowest BCUT2D eigenvalue weighted by molar-refractivity contribution is -0.120. The number of hydrogen-bond acceptors (Lipinski definition) is 1. The summed E-state index contributed by atoms with van der Waals surface area (Å²) in [4.78, 5) is 11.2. The van der Waals surface area contributed by atoms with E-state index in [-0.39, 0.29) is 23.4 Å². The molecule has 0 amide bonds. The van der Waals surface area contributed by atoms with Crippen molar-refractivity contribution < 1.29 is 9.18 Å². The summed E-state index contributed by atoms with van der Waals surface area (Å²) >= 11 is 5.44. The third-order valence-electron chi connectivity index (χ3n) is 2.44. The normalized spacial score (nSPS) is 12.5. The second-order valence-corrected chi connectivity index (χ2v) is 3.94. The van der Waals surface area contributed by atoms with Crippen molar-refractivity contribution >= 4 is 17.4 Å². The van der Waals surface area contributed by atoms with Crippen molar-refractivity contribution in [1.29, 1.82) is 0 Å². The highest BCUT2D eigenvalue weighted by Crippen LogP contribution is 2.12. The van der Waals surface area contributed by atoms with Crippen LogP contribution in [0.4, 0.5) is 4.39 Å². The molecule has 0 aliphatic heterocycles. The van der Waals surface area contributed by atoms with Crippen molar-refractivity contribution in [2.75, 3.05) is 5.88 Å². The van der Waals surface area contributed by atoms with Crippen molar-refractivity contribution in [3.63, 3.8) is 0 Å². The molecule has 0 aliphatic carbocycles. The molecular weight excluding hydrogens is 215 g/mol. The number of rotatable bonds is 5. The molecule has 3 heteroatoms. The molecule has 0 bridgehead atoms. The molecule has 0 N–H and O–H groups in total. The first-order chi connectivity index (χ1) is 7.13. The van der Waals surface area contributed by atoms with Crippen LogP contribution >= 0.6 is 11.6 Å². The Bertz CT molecular complexity index is 338. The summed E-state index contributed by atoms with van der Waals surface area (Å²) in [6.45, 7) is 1.85. The van der Waals surface area contributed by atoms with E-state index in [4.69, 9.17) is 11.6 Å². The van der Waals surface area contributed by atoms with Crippen LogP contribution in [0.15, 0.2) is 24.3 Å². The van der Waals surface area contributed by atoms with Gasteiger partial charge in [0.2, 0.25) is 0 Å². The Morgan fingerprint density at radius 3 is 2.87 bits per heavy atom. The van der Waals surface area contributed by atoms with E-state index in [1.54, 1.807) is 6.07 Å². The second-order valence-electron chi connectivity index (χ2n) is 3.67. The van der Waals surface area contributed by atoms with E-state index >= 15 is 0 Å². The molecular formula is C12H14ClFO. The summed E-state index contributed by atoms with van der Waals surface area (Å²) in [5.41, 5.74) is 0.921. The first-order valence-corrected chi connectivity index (χ1v) is 5.50. The lowest BCUT2D eigenvalue weighted by atomic mass is 9.98. The van der Waals surface area contributed by atoms with Gasteiger partial charge in [-0.25, -0.2) is 4.39 Å². The Morgan fingerprint density at radius 2 is 2.27 bits per heavy atom. The van der Waals surface area contributed by atoms with E-state index in [9.17, 15) is 9.18 Å². The van der Waals surface area contributed by atoms with Gasteiger partial charge < -0.3 is 0 Å². The standard InChI is InChI=1S/C12H14ClFO/c1-9(12(15)8-13)5-6-10-3-2-4-11(14)7-10/h2-4,7,9H,5-6,8H2,1H3. The fourth-order valence-corrected chi connectivity index (χ4v) is 1.63. The largest absolute Gasteiger partial charge is 0.298 e. The Morgan fingerprint density at radius 1 is 1.53 bits per heavy atom. The van der Waals surface area contributed by atoms with E-state index in [2.05, 4.69) is 0 Å². The molecule has 1 aromatic rings. The van der Waals surface area contributed by atoms with Gasteiger partial charge in [-0.2, -0.15) is 0 Å². The fourth-order valence-electron chi connectivity index (χ4n) is 1.37. The third kappa shape index (κ3) is 4.00. The lowest BCUT2D eigenvalue weighted by Gasteiger charge is -2.08. The predicted molar refractivity (Wildman–Crippen MR) is 59.6 cm³/mol. The molecule has 0 fully saturated rings. The van der Waals surface area contributed by atoms with Gasteiger partial charge in [0.1, 0.15) is 11.6 Å². The van der Waals surface area contributed by atoms with Crippen molar-refractivity contribution in [3.05, 3.63) is 35.6 Å². The van der Waals surface area contributed by atoms with Crippen molar-refractivity contribution in [2.24, 2.45) is 5.92 Å². The van der Waals surface area contributed by atoms with Crippen LogP contribution in [0.2, 0.25) is 0 Å². The van der Waals surface area contributed by atoms with Gasteiger partial charge in [-0.3, -0.25) is 4.79 Å². The van der Waals surface area contributed by atoms with E-state index in [1.165, 1.54) is 12.1 Å². The molecule has 1 nitrogen and oxygen atoms in total. The molecule has 82 valence electrons. The third-order valence-corrected chi connectivity index (χ3v) is 2.70. The van der Waals surface area contributed by atoms with Crippen LogP contribution in [-0.4, -0.2) is 11.7 Å². The summed E-state index contributed by atoms with van der Waals surface area (Å²) in [5, 5.41) is 0. The number of benzene rings is 1. The summed E-state index contributed by atoms with van der Waals surface area (Å²) in [5.74, 6) is -0.174. The van der Waals surface area contributed by atoms with Gasteiger partial charge in [0.05, 0.1) is 5.88 Å². The SMILES string of the molecule is CC(CCc1cccc(F)c1)C(=O)CCl. The smallest absolute Gasteiger partial charge is 0.150 e. The second kappa shape index (κ2) is 5.86. The van der Waals surface area contributed by atoms with Crippen LogP contribution in [0.1, 0.15) is 18.9 Å². The maximum Gasteiger partial charge on any atom is 0.150 e. The zero-order valence-electron chi connectivity index (χ0n) is 8.67. The van der Waals surface area contributed by atoms with Crippen molar-refractivity contribution in [3.8, 4) is 0 Å². The first-order valence-electron chi connectivity index (χ1n) is 4.96. The quantitative estimate of drug-likeness (QED) is 0.708. The number of Topliss-reactive ketones (excluding diaryl/α,β-unsaturated/α-hetero) is 1. The summed E-state index contributed by atoms with van der Waals surface area (Å²) < 4.78 is 12.8. The monoisotopic (exact) mass is 228 g/mol. The average Bonchev–Trinajstić information content (AvgIpc) is 2.25. The number of carbonyl (C=O) groups is 1. The van der Waals surface area contributed by atoms with Gasteiger partial charge >= 0.3 is 0 Å². The van der Waals surface area contributed by atoms with E-state index in [0.29, 0.717) is 6.42 Å². The minimum atomic E-state index is -0.233. The zero-order chi connectivity index (χ0) is 11.3. The highest BCUT2D eigenvalue weighted by molar-refractivity contribution is 6.27. The maximum absolute atomic E-state index is 12.8. The number of halogens is 2. The summed E-state index contributed by atoms with van der Waals surface area (Å²) in [6, 6.07) is 6.45. The van der Waals surface area contributed by atoms with Gasteiger partial charge in [0, 0.05) is 5.92 Å². The van der Waals surface area contributed by atoms with Crippen LogP contribution < -0.4 is 0 Å². The van der Waals surface area contributed by atoms with Gasteiger partial charge in [-0.1, -0.05) is 19.1 Å². The molecule has 1 rings (SSSR count). The molecule has 0 aromatic heterocycles. The van der Waals surface area contributed by atoms with Crippen LogP contribution in [0.5, 0.6) is 0 Å². The number of carbonyl (C=O) groups excluding carboxylic acids is 1. The maximum atomic E-state index is 12.8. The Hall–Kier alpha value is -0.890. The highest BCUT2D eigenvalue weighted by Gasteiger charge is 2.11. The molecule has 0 spiro atoms. The van der Waals surface area contributed by atoms with Crippen LogP contribution in [0.3, 0.4) is 0 Å². The number of ketones is 1. The predicted octanol–water partition coefficient (Wildman–Crippen LogP) is 3.20. The highest BCUT2D eigenvalue weighted by atomic mass is 35.5. The molecule has 1 aromatic carbocycles. The average molecular weight is 229 g/mol. The van der Waals surface area contributed by atoms with E-state index in [1.807, 2.05) is 13.0 Å². The number of aryl methyl sites for hydroxylation is 1. The van der Waals surface area contributed by atoms with Crippen LogP contribution in [-0.2, 0) is 11.2 Å². The minimum absolute atomic E-state index is 0.0491. The zero-order valence-corrected chi connectivity index (χ0v) is 9.43. The lowest BCUT2D eigenvalue weighted by Crippen LogP contribution is -2.12. The Kier molecular flexibility index (Phi) is 4.76. The Labute approximate surface area is 94.3 Å². The molecule has 1 unspecified atom stereocenters. The van der Waals surface area contributed by atoms with E-state index in [0.717, 1.165) is 12.0 Å². The summed E-state index contributed by atoms with van der Waals surface area (Å²) in [7, 11) is 0. The number of hydrogen-bond donors (Lipinski definition) is 0. The first kappa shape index (κ1) is 12.2. The minimum Gasteiger partial charge on any atom is -0.298 e. The summed E-state index contributed by atoms with van der Waals surface area (Å²) in [6.07, 6.45) is 1.43. The van der Waals surface area contributed by atoms with Crippen LogP contribution in [0.25, 0.3) is 0 Å². The van der Waals surface area contributed by atoms with Gasteiger partial charge in [0.25, 0.3) is 0 Å². The molecule has 0 aliphatic rings. The van der Waals surface area contributed by atoms with Crippen molar-refractivity contribution in [2.45, 2.75) is 19.8 Å². The molecule has 15 heavy (non-hydrogen) atoms. The molecule has 0 heterocycles. The van der Waals surface area contributed by atoms with Gasteiger partial charge in [-0.05, 0) is 30.5 Å². The van der Waals surface area contributed by atoms with E-state index < -0.39 is 0 Å². The number of alkyl halides is 1. The molecule has 0 saturated carbocycles. The topological polar surface area (TPSA) is 17.1 Å². The van der Waals surface area contributed by atoms with Gasteiger partial charge in [-0.15, -0.1) is 11.6 Å². The van der Waals surface area contributed by atoms with Gasteiger partial charge in [0.15, 0.2) is 0 Å². The fraction of sp³-hybridized carbons (Fsp3) is 0.417. The molecule has 0 saturated heterocycles.